The van der Waals surface area contributed by atoms with Gasteiger partial charge in [-0.05, 0) is 64.5 Å². The van der Waals surface area contributed by atoms with E-state index in [1.54, 1.807) is 0 Å². The number of hydrogen-bond donors (Lipinski definition) is 0. The van der Waals surface area contributed by atoms with E-state index in [1.165, 1.54) is 63.0 Å². The van der Waals surface area contributed by atoms with Crippen molar-refractivity contribution in [1.82, 2.24) is 14.9 Å². The van der Waals surface area contributed by atoms with Crippen LogP contribution >= 0.6 is 0 Å². The molecule has 2 aliphatic carbocycles. The van der Waals surface area contributed by atoms with Crippen molar-refractivity contribution >= 4 is 11.8 Å². The van der Waals surface area contributed by atoms with E-state index in [9.17, 15) is 0 Å². The highest BCUT2D eigenvalue weighted by Gasteiger charge is 2.45. The third kappa shape index (κ3) is 3.12. The van der Waals surface area contributed by atoms with Gasteiger partial charge in [-0.25, -0.2) is 4.98 Å². The number of nitrogens with zero attached hydrogens (tertiary/aromatic N) is 5. The van der Waals surface area contributed by atoms with Gasteiger partial charge in [0.05, 0.1) is 5.69 Å². The molecule has 0 bridgehead atoms. The summed E-state index contributed by atoms with van der Waals surface area (Å²) in [6.45, 7) is 7.01. The Morgan fingerprint density at radius 3 is 2.40 bits per heavy atom. The second-order valence-electron chi connectivity index (χ2n) is 8.61. The van der Waals surface area contributed by atoms with Crippen molar-refractivity contribution in [2.45, 2.75) is 50.9 Å². The third-order valence-corrected chi connectivity index (χ3v) is 6.59. The zero-order valence-corrected chi connectivity index (χ0v) is 16.4. The van der Waals surface area contributed by atoms with Crippen LogP contribution < -0.4 is 9.80 Å². The van der Waals surface area contributed by atoms with Crippen LogP contribution in [0.15, 0.2) is 0 Å². The maximum atomic E-state index is 5.08. The molecule has 0 aromatic carbocycles. The molecule has 0 radical (unpaired) electrons. The number of fused-ring (bicyclic) bond motifs is 2. The molecule has 0 N–H and O–H groups in total. The number of aromatic nitrogens is 2. The molecule has 2 heterocycles. The lowest BCUT2D eigenvalue weighted by atomic mass is 9.76. The van der Waals surface area contributed by atoms with Crippen LogP contribution in [-0.4, -0.2) is 62.2 Å². The van der Waals surface area contributed by atoms with Crippen molar-refractivity contribution in [1.29, 1.82) is 0 Å². The van der Waals surface area contributed by atoms with E-state index in [0.29, 0.717) is 5.41 Å². The Hall–Kier alpha value is -1.36. The van der Waals surface area contributed by atoms with Gasteiger partial charge in [0.1, 0.15) is 5.82 Å². The number of likely N-dealkylation sites (tertiary alicyclic amines) is 1. The van der Waals surface area contributed by atoms with Crippen LogP contribution in [0.4, 0.5) is 11.8 Å². The van der Waals surface area contributed by atoms with Gasteiger partial charge in [0.25, 0.3) is 0 Å². The summed E-state index contributed by atoms with van der Waals surface area (Å²) < 4.78 is 0. The van der Waals surface area contributed by atoms with Gasteiger partial charge in [-0.3, -0.25) is 0 Å². The van der Waals surface area contributed by atoms with Crippen molar-refractivity contribution in [2.24, 2.45) is 5.92 Å². The third-order valence-electron chi connectivity index (χ3n) is 6.59. The van der Waals surface area contributed by atoms with E-state index in [1.807, 2.05) is 0 Å². The second-order valence-corrected chi connectivity index (χ2v) is 8.61. The van der Waals surface area contributed by atoms with Crippen LogP contribution in [0.2, 0.25) is 0 Å². The molecule has 1 aliphatic heterocycles. The number of rotatable bonds is 5. The van der Waals surface area contributed by atoms with E-state index in [2.05, 4.69) is 42.8 Å². The van der Waals surface area contributed by atoms with Crippen LogP contribution in [0.5, 0.6) is 0 Å². The monoisotopic (exact) mass is 343 g/mol. The summed E-state index contributed by atoms with van der Waals surface area (Å²) in [5.41, 5.74) is 3.09. The van der Waals surface area contributed by atoms with E-state index in [0.717, 1.165) is 30.6 Å². The summed E-state index contributed by atoms with van der Waals surface area (Å²) >= 11 is 0. The zero-order chi connectivity index (χ0) is 17.6. The van der Waals surface area contributed by atoms with Crippen LogP contribution in [0.3, 0.4) is 0 Å². The minimum Gasteiger partial charge on any atom is -0.360 e. The number of hydrogen-bond acceptors (Lipinski definition) is 5. The second kappa shape index (κ2) is 6.42. The lowest BCUT2D eigenvalue weighted by molar-refractivity contribution is 0.151. The van der Waals surface area contributed by atoms with Gasteiger partial charge in [-0.1, -0.05) is 0 Å². The van der Waals surface area contributed by atoms with Gasteiger partial charge in [-0.2, -0.15) is 4.98 Å². The lowest BCUT2D eigenvalue weighted by Crippen LogP contribution is -2.42. The highest BCUT2D eigenvalue weighted by molar-refractivity contribution is 5.56. The van der Waals surface area contributed by atoms with E-state index in [-0.39, 0.29) is 0 Å². The molecule has 5 nitrogen and oxygen atoms in total. The molecule has 2 fully saturated rings. The molecule has 0 atom stereocenters. The SMILES string of the molecule is CCN(C)c1nc(N(C)C)nc2c1CCC21CCN(CC2CC2)CC1. The molecule has 1 aromatic heterocycles. The molecule has 0 unspecified atom stereocenters. The standard InChI is InChI=1S/C20H33N5/c1-5-24(4)18-16-8-9-20(17(16)21-19(22-18)23(2)3)10-12-25(13-11-20)14-15-6-7-15/h15H,5-14H2,1-4H3. The molecule has 1 aromatic rings. The molecule has 4 rings (SSSR count). The molecular weight excluding hydrogens is 310 g/mol. The zero-order valence-electron chi connectivity index (χ0n) is 16.4. The lowest BCUT2D eigenvalue weighted by Gasteiger charge is -2.39. The first-order valence-electron chi connectivity index (χ1n) is 10.0. The van der Waals surface area contributed by atoms with Crippen molar-refractivity contribution in [3.8, 4) is 0 Å². The van der Waals surface area contributed by atoms with Gasteiger partial charge in [-0.15, -0.1) is 0 Å². The topological polar surface area (TPSA) is 35.5 Å². The summed E-state index contributed by atoms with van der Waals surface area (Å²) in [6.07, 6.45) is 7.85. The summed E-state index contributed by atoms with van der Waals surface area (Å²) in [5.74, 6) is 3.03. The van der Waals surface area contributed by atoms with Crippen molar-refractivity contribution in [3.05, 3.63) is 11.3 Å². The largest absolute Gasteiger partial charge is 0.360 e. The molecule has 138 valence electrons. The molecule has 3 aliphatic rings. The van der Waals surface area contributed by atoms with Gasteiger partial charge in [0.15, 0.2) is 0 Å². The fourth-order valence-corrected chi connectivity index (χ4v) is 4.59. The first-order chi connectivity index (χ1) is 12.0. The maximum absolute atomic E-state index is 5.08. The Morgan fingerprint density at radius 2 is 1.80 bits per heavy atom. The minimum atomic E-state index is 0.298. The normalized spacial score (nSPS) is 22.2. The fraction of sp³-hybridized carbons (Fsp3) is 0.800. The Bertz CT molecular complexity index is 629. The van der Waals surface area contributed by atoms with Crippen molar-refractivity contribution in [2.75, 3.05) is 57.1 Å². The minimum absolute atomic E-state index is 0.298. The molecule has 1 spiro atoms. The summed E-state index contributed by atoms with van der Waals surface area (Å²) in [7, 11) is 6.26. The van der Waals surface area contributed by atoms with Crippen LogP contribution in [0.1, 0.15) is 50.3 Å². The maximum Gasteiger partial charge on any atom is 0.227 e. The van der Waals surface area contributed by atoms with E-state index in [4.69, 9.17) is 9.97 Å². The Kier molecular flexibility index (Phi) is 4.38. The average Bonchev–Trinajstić information content (AvgIpc) is 3.37. The first kappa shape index (κ1) is 17.1. The first-order valence-corrected chi connectivity index (χ1v) is 10.0. The average molecular weight is 344 g/mol. The smallest absolute Gasteiger partial charge is 0.227 e. The van der Waals surface area contributed by atoms with Crippen molar-refractivity contribution in [3.63, 3.8) is 0 Å². The predicted molar refractivity (Wildman–Crippen MR) is 104 cm³/mol. The van der Waals surface area contributed by atoms with Crippen LogP contribution in [0, 0.1) is 5.92 Å². The summed E-state index contributed by atoms with van der Waals surface area (Å²) in [4.78, 5) is 17.0. The highest BCUT2D eigenvalue weighted by atomic mass is 15.3. The number of piperidine rings is 1. The fourth-order valence-electron chi connectivity index (χ4n) is 4.59. The molecule has 25 heavy (non-hydrogen) atoms. The van der Waals surface area contributed by atoms with Crippen molar-refractivity contribution < 1.29 is 0 Å². The van der Waals surface area contributed by atoms with Gasteiger partial charge < -0.3 is 14.7 Å². The van der Waals surface area contributed by atoms with E-state index >= 15 is 0 Å². The van der Waals surface area contributed by atoms with E-state index < -0.39 is 0 Å². The molecule has 1 saturated heterocycles. The van der Waals surface area contributed by atoms with Gasteiger partial charge >= 0.3 is 0 Å². The summed E-state index contributed by atoms with van der Waals surface area (Å²) in [5, 5.41) is 0. The van der Waals surface area contributed by atoms with Gasteiger partial charge in [0, 0.05) is 45.2 Å². The number of anilines is 2. The van der Waals surface area contributed by atoms with Crippen LogP contribution in [-0.2, 0) is 11.8 Å². The Labute approximate surface area is 152 Å². The van der Waals surface area contributed by atoms with Gasteiger partial charge in [0.2, 0.25) is 5.95 Å². The highest BCUT2D eigenvalue weighted by Crippen LogP contribution is 2.48. The summed E-state index contributed by atoms with van der Waals surface area (Å²) in [6, 6.07) is 0. The molecule has 1 saturated carbocycles. The molecule has 0 amide bonds. The predicted octanol–water partition coefficient (Wildman–Crippen LogP) is 2.69. The molecular formula is C20H33N5. The Balaban J connectivity index is 1.63. The quantitative estimate of drug-likeness (QED) is 0.821. The van der Waals surface area contributed by atoms with Crippen LogP contribution in [0.25, 0.3) is 0 Å². The Morgan fingerprint density at radius 1 is 1.08 bits per heavy atom. The molecule has 5 heteroatoms.